The Morgan fingerprint density at radius 3 is 2.41 bits per heavy atom. The normalized spacial score (nSPS) is 11.5. The first-order valence-corrected chi connectivity index (χ1v) is 7.37. The van der Waals surface area contributed by atoms with E-state index in [1.54, 1.807) is 37.3 Å². The van der Waals surface area contributed by atoms with Crippen molar-refractivity contribution in [3.8, 4) is 0 Å². The van der Waals surface area contributed by atoms with Crippen LogP contribution >= 0.6 is 0 Å². The van der Waals surface area contributed by atoms with E-state index in [-0.39, 0.29) is 24.7 Å². The summed E-state index contributed by atoms with van der Waals surface area (Å²) < 4.78 is 4.92. The van der Waals surface area contributed by atoms with Gasteiger partial charge in [-0.05, 0) is 25.5 Å². The third kappa shape index (κ3) is 6.05. The Balaban J connectivity index is 2.62. The van der Waals surface area contributed by atoms with Crippen LogP contribution in [0.25, 0.3) is 0 Å². The summed E-state index contributed by atoms with van der Waals surface area (Å²) in [6.45, 7) is 3.79. The molecule has 1 atom stereocenters. The molecule has 0 aliphatic rings. The number of amides is 1. The summed E-state index contributed by atoms with van der Waals surface area (Å²) in [5.74, 6) is -0.986. The molecule has 6 nitrogen and oxygen atoms in total. The molecule has 0 spiro atoms. The quantitative estimate of drug-likeness (QED) is 0.535. The highest BCUT2D eigenvalue weighted by Crippen LogP contribution is 2.02. The molecule has 0 radical (unpaired) electrons. The largest absolute Gasteiger partial charge is 0.465 e. The number of hydrogen-bond donors (Lipinski definition) is 2. The smallest absolute Gasteiger partial charge is 0.325 e. The van der Waals surface area contributed by atoms with Crippen LogP contribution in [-0.4, -0.2) is 30.3 Å². The molecular formula is C16H22N2O4. The zero-order valence-electron chi connectivity index (χ0n) is 12.9. The molecule has 0 fully saturated rings. The van der Waals surface area contributed by atoms with Gasteiger partial charge < -0.3 is 4.74 Å². The van der Waals surface area contributed by atoms with E-state index in [2.05, 4.69) is 10.9 Å². The molecule has 120 valence electrons. The van der Waals surface area contributed by atoms with E-state index in [0.29, 0.717) is 18.4 Å². The summed E-state index contributed by atoms with van der Waals surface area (Å²) >= 11 is 0. The maximum absolute atomic E-state index is 11.9. The zero-order valence-corrected chi connectivity index (χ0v) is 12.9. The molecule has 1 rings (SSSR count). The van der Waals surface area contributed by atoms with Gasteiger partial charge in [0, 0.05) is 18.4 Å². The Hall–Kier alpha value is -2.21. The Morgan fingerprint density at radius 1 is 1.14 bits per heavy atom. The first kappa shape index (κ1) is 17.8. The Bertz CT molecular complexity index is 502. The Labute approximate surface area is 130 Å². The van der Waals surface area contributed by atoms with Crippen LogP contribution in [0.3, 0.4) is 0 Å². The maximum Gasteiger partial charge on any atom is 0.325 e. The minimum absolute atomic E-state index is 0.0122. The molecule has 22 heavy (non-hydrogen) atoms. The number of Topliss-reactive ketones (excluding diaryl/α,β-unsaturated/α-hetero) is 1. The molecule has 0 aromatic heterocycles. The lowest BCUT2D eigenvalue weighted by atomic mass is 10.1. The average Bonchev–Trinajstić information content (AvgIpc) is 2.52. The molecule has 0 bridgehead atoms. The van der Waals surface area contributed by atoms with Crippen LogP contribution in [0.15, 0.2) is 30.3 Å². The molecule has 2 N–H and O–H groups in total. The van der Waals surface area contributed by atoms with Crippen LogP contribution in [0.1, 0.15) is 43.5 Å². The zero-order chi connectivity index (χ0) is 16.4. The molecule has 1 aromatic carbocycles. The van der Waals surface area contributed by atoms with Gasteiger partial charge in [-0.15, -0.1) is 0 Å². The van der Waals surface area contributed by atoms with Crippen molar-refractivity contribution in [2.45, 2.75) is 39.2 Å². The van der Waals surface area contributed by atoms with Gasteiger partial charge in [0.15, 0.2) is 0 Å². The summed E-state index contributed by atoms with van der Waals surface area (Å²) in [5, 5.41) is 0. The number of hydrazine groups is 1. The molecule has 0 aliphatic heterocycles. The van der Waals surface area contributed by atoms with E-state index in [9.17, 15) is 14.4 Å². The molecule has 0 saturated heterocycles. The molecule has 6 heteroatoms. The maximum atomic E-state index is 11.9. The molecule has 1 amide bonds. The minimum Gasteiger partial charge on any atom is -0.465 e. The first-order valence-electron chi connectivity index (χ1n) is 7.37. The van der Waals surface area contributed by atoms with Crippen molar-refractivity contribution in [2.75, 3.05) is 6.61 Å². The lowest BCUT2D eigenvalue weighted by Crippen LogP contribution is -2.49. The number of carbonyl (C=O) groups excluding carboxylic acids is 3. The first-order chi connectivity index (χ1) is 10.6. The third-order valence-corrected chi connectivity index (χ3v) is 2.93. The van der Waals surface area contributed by atoms with Gasteiger partial charge in [-0.2, -0.15) is 0 Å². The highest BCUT2D eigenvalue weighted by atomic mass is 16.5. The van der Waals surface area contributed by atoms with Crippen LogP contribution in [0.2, 0.25) is 0 Å². The summed E-state index contributed by atoms with van der Waals surface area (Å²) in [6.07, 6.45) is 1.09. The fourth-order valence-electron chi connectivity index (χ4n) is 1.86. The third-order valence-electron chi connectivity index (χ3n) is 2.93. The number of ether oxygens (including phenoxy) is 1. The number of hydrogen-bond acceptors (Lipinski definition) is 5. The van der Waals surface area contributed by atoms with Crippen LogP contribution in [0.4, 0.5) is 0 Å². The Kier molecular flexibility index (Phi) is 7.85. The number of rotatable bonds is 9. The number of carbonyl (C=O) groups is 3. The van der Waals surface area contributed by atoms with Crippen molar-refractivity contribution in [3.63, 3.8) is 0 Å². The van der Waals surface area contributed by atoms with E-state index < -0.39 is 12.0 Å². The van der Waals surface area contributed by atoms with Gasteiger partial charge in [0.2, 0.25) is 0 Å². The van der Waals surface area contributed by atoms with E-state index >= 15 is 0 Å². The lowest BCUT2D eigenvalue weighted by molar-refractivity contribution is -0.147. The van der Waals surface area contributed by atoms with Crippen molar-refractivity contribution < 1.29 is 19.1 Å². The van der Waals surface area contributed by atoms with Gasteiger partial charge in [0.25, 0.3) is 5.91 Å². The monoisotopic (exact) mass is 306 g/mol. The summed E-state index contributed by atoms with van der Waals surface area (Å²) in [7, 11) is 0. The predicted octanol–water partition coefficient (Wildman–Crippen LogP) is 1.61. The molecule has 0 aliphatic carbocycles. The fraction of sp³-hybridized carbons (Fsp3) is 0.438. The highest BCUT2D eigenvalue weighted by Gasteiger charge is 2.23. The average molecular weight is 306 g/mol. The molecule has 1 unspecified atom stereocenters. The summed E-state index contributed by atoms with van der Waals surface area (Å²) in [4.78, 5) is 35.5. The van der Waals surface area contributed by atoms with Crippen LogP contribution in [0, 0.1) is 0 Å². The number of nitrogens with one attached hydrogen (secondary N) is 2. The van der Waals surface area contributed by atoms with Crippen molar-refractivity contribution in [3.05, 3.63) is 35.9 Å². The van der Waals surface area contributed by atoms with Crippen LogP contribution in [-0.2, 0) is 14.3 Å². The number of benzene rings is 1. The van der Waals surface area contributed by atoms with Gasteiger partial charge >= 0.3 is 5.97 Å². The van der Waals surface area contributed by atoms with Gasteiger partial charge in [-0.3, -0.25) is 19.8 Å². The molecular weight excluding hydrogens is 284 g/mol. The van der Waals surface area contributed by atoms with E-state index in [1.807, 2.05) is 6.92 Å². The number of ketones is 1. The predicted molar refractivity (Wildman–Crippen MR) is 82.0 cm³/mol. The van der Waals surface area contributed by atoms with Gasteiger partial charge in [-0.1, -0.05) is 25.1 Å². The second-order valence-electron chi connectivity index (χ2n) is 4.76. The van der Waals surface area contributed by atoms with Gasteiger partial charge in [0.05, 0.1) is 6.61 Å². The highest BCUT2D eigenvalue weighted by molar-refractivity contribution is 5.94. The summed E-state index contributed by atoms with van der Waals surface area (Å²) in [6, 6.07) is 7.70. The van der Waals surface area contributed by atoms with Gasteiger partial charge in [0.1, 0.15) is 11.8 Å². The van der Waals surface area contributed by atoms with Crippen molar-refractivity contribution in [2.24, 2.45) is 0 Å². The second-order valence-corrected chi connectivity index (χ2v) is 4.76. The van der Waals surface area contributed by atoms with Crippen LogP contribution < -0.4 is 10.9 Å². The van der Waals surface area contributed by atoms with Crippen molar-refractivity contribution in [1.82, 2.24) is 10.9 Å². The number of esters is 1. The second kappa shape index (κ2) is 9.68. The Morgan fingerprint density at radius 2 is 1.82 bits per heavy atom. The van der Waals surface area contributed by atoms with Crippen molar-refractivity contribution in [1.29, 1.82) is 0 Å². The standard InChI is InChI=1S/C16H22N2O4/c1-3-8-13(19)11-14(16(21)22-4-2)17-18-15(20)12-9-6-5-7-10-12/h5-7,9-10,14,17H,3-4,8,11H2,1-2H3,(H,18,20). The van der Waals surface area contributed by atoms with Crippen LogP contribution in [0.5, 0.6) is 0 Å². The SMILES string of the molecule is CCCC(=O)CC(NNC(=O)c1ccccc1)C(=O)OCC. The van der Waals surface area contributed by atoms with Crippen molar-refractivity contribution >= 4 is 17.7 Å². The molecule has 0 heterocycles. The summed E-state index contributed by atoms with van der Waals surface area (Å²) in [5.41, 5.74) is 5.50. The minimum atomic E-state index is -0.883. The van der Waals surface area contributed by atoms with E-state index in [1.165, 1.54) is 0 Å². The molecule has 0 saturated carbocycles. The van der Waals surface area contributed by atoms with E-state index in [4.69, 9.17) is 4.74 Å². The van der Waals surface area contributed by atoms with Gasteiger partial charge in [-0.25, -0.2) is 5.43 Å². The van der Waals surface area contributed by atoms with E-state index in [0.717, 1.165) is 0 Å². The fourth-order valence-corrected chi connectivity index (χ4v) is 1.86. The topological polar surface area (TPSA) is 84.5 Å². The molecule has 1 aromatic rings. The lowest BCUT2D eigenvalue weighted by Gasteiger charge is -2.17.